The lowest BCUT2D eigenvalue weighted by molar-refractivity contribution is -0.117. The number of thiophene rings is 1. The van der Waals surface area contributed by atoms with E-state index in [0.29, 0.717) is 28.1 Å². The summed E-state index contributed by atoms with van der Waals surface area (Å²) in [7, 11) is 0. The Morgan fingerprint density at radius 2 is 1.86 bits per heavy atom. The molecule has 0 spiro atoms. The van der Waals surface area contributed by atoms with Gasteiger partial charge in [-0.2, -0.15) is 0 Å². The second-order valence-electron chi connectivity index (χ2n) is 6.76. The smallest absolute Gasteiger partial charge is 0.240 e. The molecule has 154 valence electrons. The number of benzene rings is 1. The molecule has 9 heteroatoms. The molecule has 3 aromatic rings. The number of nitrogens with one attached hydrogen (secondary N) is 1. The van der Waals surface area contributed by atoms with Gasteiger partial charge in [-0.15, -0.1) is 23.7 Å². The van der Waals surface area contributed by atoms with Crippen LogP contribution < -0.4 is 5.32 Å². The zero-order valence-electron chi connectivity index (χ0n) is 15.4. The zero-order valence-corrected chi connectivity index (χ0v) is 20.2. The van der Waals surface area contributed by atoms with Crippen LogP contribution in [0.1, 0.15) is 34.7 Å². The van der Waals surface area contributed by atoms with Gasteiger partial charge < -0.3 is 9.73 Å². The molecule has 0 atom stereocenters. The molecule has 29 heavy (non-hydrogen) atoms. The Kier molecular flexibility index (Phi) is 7.56. The van der Waals surface area contributed by atoms with Gasteiger partial charge in [0.05, 0.1) is 20.9 Å². The van der Waals surface area contributed by atoms with Crippen molar-refractivity contribution in [2.75, 3.05) is 25.0 Å². The zero-order chi connectivity index (χ0) is 19.7. The number of nitrogens with zero attached hydrogens (tertiary/aromatic N) is 1. The molecule has 1 aliphatic rings. The van der Waals surface area contributed by atoms with E-state index >= 15 is 0 Å². The number of ketones is 1. The molecular weight excluding hydrogens is 544 g/mol. The lowest BCUT2D eigenvalue weighted by Crippen LogP contribution is -2.37. The van der Waals surface area contributed by atoms with E-state index in [-0.39, 0.29) is 29.9 Å². The lowest BCUT2D eigenvalue weighted by Gasteiger charge is -2.25. The predicted octanol–water partition coefficient (Wildman–Crippen LogP) is 6.10. The van der Waals surface area contributed by atoms with Crippen molar-refractivity contribution in [2.24, 2.45) is 0 Å². The third-order valence-electron chi connectivity index (χ3n) is 4.73. The van der Waals surface area contributed by atoms with Crippen LogP contribution in [-0.4, -0.2) is 36.2 Å². The van der Waals surface area contributed by atoms with Crippen LogP contribution in [0.3, 0.4) is 0 Å². The minimum Gasteiger partial charge on any atom is -0.450 e. The number of carbonyl (C=O) groups is 2. The van der Waals surface area contributed by atoms with Gasteiger partial charge in [-0.3, -0.25) is 14.5 Å². The maximum atomic E-state index is 13.0. The molecule has 1 amide bonds. The summed E-state index contributed by atoms with van der Waals surface area (Å²) in [6.07, 6.45) is 3.45. The van der Waals surface area contributed by atoms with E-state index in [1.165, 1.54) is 17.8 Å². The molecule has 3 heterocycles. The van der Waals surface area contributed by atoms with Crippen molar-refractivity contribution in [3.05, 3.63) is 49.2 Å². The summed E-state index contributed by atoms with van der Waals surface area (Å²) in [5.74, 6) is -0.211. The van der Waals surface area contributed by atoms with Crippen molar-refractivity contribution >= 4 is 84.0 Å². The summed E-state index contributed by atoms with van der Waals surface area (Å²) in [5.41, 5.74) is 1.00. The molecule has 0 unspecified atom stereocenters. The second kappa shape index (κ2) is 9.75. The summed E-state index contributed by atoms with van der Waals surface area (Å²) >= 11 is 8.18. The highest BCUT2D eigenvalue weighted by atomic mass is 79.9. The highest BCUT2D eigenvalue weighted by Gasteiger charge is 2.25. The van der Waals surface area contributed by atoms with E-state index < -0.39 is 0 Å². The first-order valence-corrected chi connectivity index (χ1v) is 11.5. The summed E-state index contributed by atoms with van der Waals surface area (Å²) in [6.45, 7) is 2.18. The highest BCUT2D eigenvalue weighted by Crippen LogP contribution is 2.36. The molecule has 1 saturated heterocycles. The van der Waals surface area contributed by atoms with E-state index in [4.69, 9.17) is 4.42 Å². The van der Waals surface area contributed by atoms with Gasteiger partial charge in [0, 0.05) is 9.86 Å². The van der Waals surface area contributed by atoms with Gasteiger partial charge in [0.1, 0.15) is 5.58 Å². The monoisotopic (exact) mass is 560 g/mol. The van der Waals surface area contributed by atoms with Crippen LogP contribution in [0, 0.1) is 0 Å². The molecule has 2 aromatic heterocycles. The van der Waals surface area contributed by atoms with Crippen molar-refractivity contribution in [1.29, 1.82) is 0 Å². The van der Waals surface area contributed by atoms with E-state index in [2.05, 4.69) is 42.1 Å². The van der Waals surface area contributed by atoms with Crippen LogP contribution in [-0.2, 0) is 4.79 Å². The molecule has 5 nitrogen and oxygen atoms in total. The van der Waals surface area contributed by atoms with Crippen molar-refractivity contribution in [3.8, 4) is 0 Å². The number of anilines is 1. The number of hydrogen-bond acceptors (Lipinski definition) is 5. The van der Waals surface area contributed by atoms with Crippen molar-refractivity contribution in [1.82, 2.24) is 4.90 Å². The Hall–Kier alpha value is -1.19. The van der Waals surface area contributed by atoms with Crippen LogP contribution in [0.2, 0.25) is 0 Å². The molecule has 1 fully saturated rings. The molecule has 1 aliphatic heterocycles. The first-order chi connectivity index (χ1) is 13.5. The Morgan fingerprint density at radius 3 is 2.55 bits per heavy atom. The van der Waals surface area contributed by atoms with Crippen LogP contribution in [0.4, 0.5) is 5.69 Å². The molecule has 1 N–H and O–H groups in total. The largest absolute Gasteiger partial charge is 0.450 e. The first kappa shape index (κ1) is 22.5. The summed E-state index contributed by atoms with van der Waals surface area (Å²) in [5, 5.41) is 3.65. The number of halogens is 3. The Bertz CT molecular complexity index is 1040. The highest BCUT2D eigenvalue weighted by molar-refractivity contribution is 9.11. The molecule has 1 aromatic carbocycles. The number of amides is 1. The van der Waals surface area contributed by atoms with Crippen LogP contribution >= 0.6 is 55.6 Å². The maximum absolute atomic E-state index is 13.0. The van der Waals surface area contributed by atoms with Crippen molar-refractivity contribution < 1.29 is 14.0 Å². The minimum absolute atomic E-state index is 0. The standard InChI is InChI=1S/C20H18Br2N2O3S.ClH/c21-12-4-5-14-13(10-12)18(23-17(25)11-24-8-2-1-3-9-24)20(27-14)19(26)15-6-7-16(22)28-15;/h4-7,10H,1-3,8-9,11H2,(H,23,25);1H. The fourth-order valence-electron chi connectivity index (χ4n) is 3.40. The third kappa shape index (κ3) is 5.11. The van der Waals surface area contributed by atoms with Gasteiger partial charge in [-0.25, -0.2) is 0 Å². The molecule has 0 radical (unpaired) electrons. The average Bonchev–Trinajstić information content (AvgIpc) is 3.26. The average molecular weight is 563 g/mol. The number of hydrogen-bond donors (Lipinski definition) is 1. The molecule has 0 saturated carbocycles. The quantitative estimate of drug-likeness (QED) is 0.382. The van der Waals surface area contributed by atoms with Crippen LogP contribution in [0.15, 0.2) is 43.0 Å². The molecule has 0 bridgehead atoms. The van der Waals surface area contributed by atoms with Gasteiger partial charge in [-0.05, 0) is 72.2 Å². The van der Waals surface area contributed by atoms with E-state index in [1.807, 2.05) is 18.2 Å². The van der Waals surface area contributed by atoms with E-state index in [0.717, 1.165) is 34.2 Å². The molecule has 0 aliphatic carbocycles. The fourth-order valence-corrected chi connectivity index (χ4v) is 5.09. The van der Waals surface area contributed by atoms with Crippen molar-refractivity contribution in [3.63, 3.8) is 0 Å². The third-order valence-corrected chi connectivity index (χ3v) is 6.85. The van der Waals surface area contributed by atoms with Crippen LogP contribution in [0.25, 0.3) is 11.0 Å². The van der Waals surface area contributed by atoms with Crippen molar-refractivity contribution in [2.45, 2.75) is 19.3 Å². The maximum Gasteiger partial charge on any atom is 0.240 e. The first-order valence-electron chi connectivity index (χ1n) is 9.05. The lowest BCUT2D eigenvalue weighted by atomic mass is 10.1. The normalized spacial score (nSPS) is 14.6. The number of piperidine rings is 1. The second-order valence-corrected chi connectivity index (χ2v) is 10.1. The predicted molar refractivity (Wildman–Crippen MR) is 126 cm³/mol. The Morgan fingerprint density at radius 1 is 1.10 bits per heavy atom. The number of furan rings is 1. The summed E-state index contributed by atoms with van der Waals surface area (Å²) in [6, 6.07) is 9.07. The number of likely N-dealkylation sites (tertiary alicyclic amines) is 1. The Balaban J connectivity index is 0.00000240. The van der Waals surface area contributed by atoms with Gasteiger partial charge in [-0.1, -0.05) is 22.4 Å². The van der Waals surface area contributed by atoms with Gasteiger partial charge in [0.15, 0.2) is 5.76 Å². The Labute approximate surface area is 195 Å². The van der Waals surface area contributed by atoms with Gasteiger partial charge >= 0.3 is 0 Å². The SMILES string of the molecule is Cl.O=C(CN1CCCCC1)Nc1c(C(=O)c2ccc(Br)s2)oc2ccc(Br)cc12. The minimum atomic E-state index is -0.240. The molecule has 4 rings (SSSR count). The molecular formula is C20H19Br2ClN2O3S. The van der Waals surface area contributed by atoms with E-state index in [9.17, 15) is 9.59 Å². The number of rotatable bonds is 5. The van der Waals surface area contributed by atoms with Gasteiger partial charge in [0.25, 0.3) is 0 Å². The number of carbonyl (C=O) groups excluding carboxylic acids is 2. The van der Waals surface area contributed by atoms with Gasteiger partial charge in [0.2, 0.25) is 11.7 Å². The van der Waals surface area contributed by atoms with E-state index in [1.54, 1.807) is 12.1 Å². The fraction of sp³-hybridized carbons (Fsp3) is 0.300. The topological polar surface area (TPSA) is 62.6 Å². The number of fused-ring (bicyclic) bond motifs is 1. The van der Waals surface area contributed by atoms with Crippen LogP contribution in [0.5, 0.6) is 0 Å². The summed E-state index contributed by atoms with van der Waals surface area (Å²) in [4.78, 5) is 28.4. The summed E-state index contributed by atoms with van der Waals surface area (Å²) < 4.78 is 7.58.